The number of aromatic amines is 1. The van der Waals surface area contributed by atoms with Crippen molar-refractivity contribution in [3.05, 3.63) is 39.9 Å². The number of hydrogen-bond donors (Lipinski definition) is 2. The highest BCUT2D eigenvalue weighted by Crippen LogP contribution is 2.35. The minimum absolute atomic E-state index is 0.114. The summed E-state index contributed by atoms with van der Waals surface area (Å²) in [6, 6.07) is 5.49. The molecular weight excluding hydrogens is 396 g/mol. The van der Waals surface area contributed by atoms with Crippen LogP contribution < -0.4 is 19.9 Å². The van der Waals surface area contributed by atoms with E-state index >= 15 is 0 Å². The monoisotopic (exact) mass is 425 g/mol. The average Bonchev–Trinajstić information content (AvgIpc) is 3.30. The first-order valence-corrected chi connectivity index (χ1v) is 11.0. The molecule has 0 unspecified atom stereocenters. The minimum atomic E-state index is -0.294. The molecule has 0 bridgehead atoms. The van der Waals surface area contributed by atoms with Gasteiger partial charge in [0.25, 0.3) is 5.56 Å². The lowest BCUT2D eigenvalue weighted by molar-refractivity contribution is -0.925. The summed E-state index contributed by atoms with van der Waals surface area (Å²) in [5.74, 6) is 2.08. The molecule has 2 aromatic heterocycles. The second-order valence-corrected chi connectivity index (χ2v) is 9.47. The highest BCUT2D eigenvalue weighted by atomic mass is 16.7. The van der Waals surface area contributed by atoms with Gasteiger partial charge in [-0.1, -0.05) is 0 Å². The molecule has 1 fully saturated rings. The first-order chi connectivity index (χ1) is 14.9. The zero-order valence-electron chi connectivity index (χ0n) is 18.3. The summed E-state index contributed by atoms with van der Waals surface area (Å²) in [6.07, 6.45) is 4.70. The van der Waals surface area contributed by atoms with Crippen LogP contribution in [0, 0.1) is 0 Å². The SMILES string of the molecule is CC(C)(C)n1nnnc1[C@H](c1cc2cc3c(cc2[nH]c1=O)OCO3)[NH+]1CCCCCC1. The molecule has 1 atom stereocenters. The van der Waals surface area contributed by atoms with Crippen molar-refractivity contribution in [3.8, 4) is 11.5 Å². The quantitative estimate of drug-likeness (QED) is 0.661. The number of benzene rings is 1. The van der Waals surface area contributed by atoms with E-state index in [0.717, 1.165) is 42.7 Å². The van der Waals surface area contributed by atoms with Gasteiger partial charge in [-0.15, -0.1) is 5.10 Å². The molecule has 1 aromatic carbocycles. The van der Waals surface area contributed by atoms with Crippen LogP contribution in [0.25, 0.3) is 10.9 Å². The molecule has 4 heterocycles. The topological polar surface area (TPSA) is 99.4 Å². The molecular formula is C22H29N6O3+. The molecule has 3 aromatic rings. The Morgan fingerprint density at radius 2 is 1.77 bits per heavy atom. The Morgan fingerprint density at radius 1 is 1.06 bits per heavy atom. The number of quaternary nitrogens is 1. The Hall–Kier alpha value is -2.94. The first-order valence-electron chi connectivity index (χ1n) is 11.0. The van der Waals surface area contributed by atoms with Crippen LogP contribution in [-0.4, -0.2) is 45.1 Å². The maximum atomic E-state index is 13.3. The Kier molecular flexibility index (Phi) is 4.92. The first kappa shape index (κ1) is 20.0. The van der Waals surface area contributed by atoms with Gasteiger partial charge in [0.2, 0.25) is 12.6 Å². The fourth-order valence-corrected chi connectivity index (χ4v) is 4.69. The van der Waals surface area contributed by atoms with Gasteiger partial charge < -0.3 is 19.4 Å². The predicted molar refractivity (Wildman–Crippen MR) is 115 cm³/mol. The van der Waals surface area contributed by atoms with E-state index in [1.165, 1.54) is 17.7 Å². The third kappa shape index (κ3) is 3.67. The number of rotatable bonds is 3. The van der Waals surface area contributed by atoms with Crippen LogP contribution in [0.15, 0.2) is 23.0 Å². The van der Waals surface area contributed by atoms with E-state index in [1.54, 1.807) is 0 Å². The molecule has 2 N–H and O–H groups in total. The third-order valence-electron chi connectivity index (χ3n) is 6.22. The number of nitrogens with one attached hydrogen (secondary N) is 2. The molecule has 2 aliphatic heterocycles. The molecule has 0 spiro atoms. The maximum absolute atomic E-state index is 13.3. The zero-order chi connectivity index (χ0) is 21.6. The number of H-pyrrole nitrogens is 1. The Morgan fingerprint density at radius 3 is 2.48 bits per heavy atom. The Bertz CT molecular complexity index is 1150. The molecule has 0 aliphatic carbocycles. The van der Waals surface area contributed by atoms with Crippen LogP contribution in [-0.2, 0) is 5.54 Å². The summed E-state index contributed by atoms with van der Waals surface area (Å²) in [5, 5.41) is 13.6. The number of fused-ring (bicyclic) bond motifs is 2. The fraction of sp³-hybridized carbons (Fsp3) is 0.545. The van der Waals surface area contributed by atoms with Gasteiger partial charge in [0, 0.05) is 11.5 Å². The lowest BCUT2D eigenvalue weighted by atomic mass is 10.0. The smallest absolute Gasteiger partial charge is 0.258 e. The molecule has 2 aliphatic rings. The van der Waals surface area contributed by atoms with E-state index in [0.29, 0.717) is 17.1 Å². The average molecular weight is 426 g/mol. The predicted octanol–water partition coefficient (Wildman–Crippen LogP) is 1.55. The number of nitrogens with zero attached hydrogens (tertiary/aromatic N) is 4. The summed E-state index contributed by atoms with van der Waals surface area (Å²) >= 11 is 0. The number of aromatic nitrogens is 5. The van der Waals surface area contributed by atoms with E-state index in [2.05, 4.69) is 41.3 Å². The van der Waals surface area contributed by atoms with E-state index in [1.807, 2.05) is 22.9 Å². The molecule has 0 saturated carbocycles. The maximum Gasteiger partial charge on any atom is 0.258 e. The number of hydrogen-bond acceptors (Lipinski definition) is 6. The van der Waals surface area contributed by atoms with E-state index in [4.69, 9.17) is 9.47 Å². The molecule has 9 heteroatoms. The molecule has 0 amide bonds. The fourth-order valence-electron chi connectivity index (χ4n) is 4.69. The molecule has 5 rings (SSSR count). The van der Waals surface area contributed by atoms with Crippen LogP contribution in [0.3, 0.4) is 0 Å². The number of likely N-dealkylation sites (tertiary alicyclic amines) is 1. The van der Waals surface area contributed by atoms with Crippen molar-refractivity contribution in [3.63, 3.8) is 0 Å². The molecule has 9 nitrogen and oxygen atoms in total. The molecule has 31 heavy (non-hydrogen) atoms. The molecule has 1 saturated heterocycles. The van der Waals surface area contributed by atoms with Crippen molar-refractivity contribution in [1.82, 2.24) is 25.2 Å². The summed E-state index contributed by atoms with van der Waals surface area (Å²) in [7, 11) is 0. The van der Waals surface area contributed by atoms with E-state index in [-0.39, 0.29) is 23.9 Å². The van der Waals surface area contributed by atoms with Crippen molar-refractivity contribution < 1.29 is 14.4 Å². The highest BCUT2D eigenvalue weighted by molar-refractivity contribution is 5.83. The van der Waals surface area contributed by atoms with Crippen LogP contribution in [0.4, 0.5) is 0 Å². The summed E-state index contributed by atoms with van der Waals surface area (Å²) in [4.78, 5) is 17.7. The number of ether oxygens (including phenoxy) is 2. The normalized spacial score (nSPS) is 18.3. The van der Waals surface area contributed by atoms with Gasteiger partial charge in [0.05, 0.1) is 29.7 Å². The van der Waals surface area contributed by atoms with Crippen molar-refractivity contribution in [2.45, 2.75) is 58.0 Å². The van der Waals surface area contributed by atoms with Crippen molar-refractivity contribution in [2.24, 2.45) is 0 Å². The number of tetrazole rings is 1. The minimum Gasteiger partial charge on any atom is -0.454 e. The van der Waals surface area contributed by atoms with Crippen LogP contribution >= 0.6 is 0 Å². The van der Waals surface area contributed by atoms with Crippen LogP contribution in [0.1, 0.15) is 63.9 Å². The van der Waals surface area contributed by atoms with Gasteiger partial charge >= 0.3 is 0 Å². The zero-order valence-corrected chi connectivity index (χ0v) is 18.3. The summed E-state index contributed by atoms with van der Waals surface area (Å²) in [6.45, 7) is 8.40. The van der Waals surface area contributed by atoms with Gasteiger partial charge in [-0.2, -0.15) is 0 Å². The van der Waals surface area contributed by atoms with E-state index < -0.39 is 0 Å². The molecule has 164 valence electrons. The Balaban J connectivity index is 1.68. The molecule has 0 radical (unpaired) electrons. The lowest BCUT2D eigenvalue weighted by Crippen LogP contribution is -3.12. The van der Waals surface area contributed by atoms with Crippen molar-refractivity contribution in [1.29, 1.82) is 0 Å². The summed E-state index contributed by atoms with van der Waals surface area (Å²) in [5.41, 5.74) is 1.01. The second kappa shape index (κ2) is 7.64. The van der Waals surface area contributed by atoms with Crippen LogP contribution in [0.2, 0.25) is 0 Å². The standard InChI is InChI=1S/C22H28N6O3/c1-22(2,3)28-20(24-25-26-28)19(27-8-6-4-5-7-9-27)15-10-14-11-17-18(31-13-30-17)12-16(14)23-21(15)29/h10-12,19H,4-9,13H2,1-3H3,(H,23,29)/p+1/t19-/m0/s1. The van der Waals surface area contributed by atoms with Crippen LogP contribution in [0.5, 0.6) is 11.5 Å². The van der Waals surface area contributed by atoms with Gasteiger partial charge in [-0.25, -0.2) is 4.68 Å². The largest absolute Gasteiger partial charge is 0.454 e. The summed E-state index contributed by atoms with van der Waals surface area (Å²) < 4.78 is 12.9. The van der Waals surface area contributed by atoms with Crippen molar-refractivity contribution in [2.75, 3.05) is 19.9 Å². The van der Waals surface area contributed by atoms with Gasteiger partial charge in [-0.05, 0) is 69.0 Å². The van der Waals surface area contributed by atoms with Crippen molar-refractivity contribution >= 4 is 10.9 Å². The van der Waals surface area contributed by atoms with Gasteiger partial charge in [-0.3, -0.25) is 4.79 Å². The van der Waals surface area contributed by atoms with Gasteiger partial charge in [0.15, 0.2) is 17.5 Å². The number of pyridine rings is 1. The van der Waals surface area contributed by atoms with Gasteiger partial charge in [0.1, 0.15) is 0 Å². The van der Waals surface area contributed by atoms with E-state index in [9.17, 15) is 4.79 Å². The lowest BCUT2D eigenvalue weighted by Gasteiger charge is -2.29. The highest BCUT2D eigenvalue weighted by Gasteiger charge is 2.36. The Labute approximate surface area is 180 Å². The third-order valence-corrected chi connectivity index (χ3v) is 6.22. The second-order valence-electron chi connectivity index (χ2n) is 9.47.